The van der Waals surface area contributed by atoms with Crippen molar-refractivity contribution < 1.29 is 14.0 Å². The first kappa shape index (κ1) is 19.0. The Hall–Kier alpha value is -3.00. The van der Waals surface area contributed by atoms with Gasteiger partial charge in [0.1, 0.15) is 5.82 Å². The third-order valence-corrected chi connectivity index (χ3v) is 6.29. The molecular weight excluding hydrogens is 403 g/mol. The molecule has 1 saturated carbocycles. The van der Waals surface area contributed by atoms with Gasteiger partial charge in [-0.15, -0.1) is 10.2 Å². The lowest BCUT2D eigenvalue weighted by Gasteiger charge is -2.17. The molecule has 0 radical (unpaired) electrons. The first-order valence-electron chi connectivity index (χ1n) is 9.89. The van der Waals surface area contributed by atoms with E-state index in [2.05, 4.69) is 15.5 Å². The zero-order valence-corrected chi connectivity index (χ0v) is 16.9. The van der Waals surface area contributed by atoms with E-state index in [1.807, 2.05) is 10.6 Å². The summed E-state index contributed by atoms with van der Waals surface area (Å²) >= 11 is 1.33. The predicted octanol–water partition coefficient (Wildman–Crippen LogP) is 4.28. The Kier molecular flexibility index (Phi) is 4.86. The fraction of sp³-hybridized carbons (Fsp3) is 0.273. The van der Waals surface area contributed by atoms with Crippen LogP contribution in [0.5, 0.6) is 0 Å². The van der Waals surface area contributed by atoms with Gasteiger partial charge in [0.05, 0.1) is 11.3 Å². The van der Waals surface area contributed by atoms with E-state index in [1.54, 1.807) is 30.3 Å². The number of aryl methyl sites for hydroxylation is 1. The van der Waals surface area contributed by atoms with Gasteiger partial charge in [-0.25, -0.2) is 4.39 Å². The Balaban J connectivity index is 1.35. The molecule has 0 spiro atoms. The predicted molar refractivity (Wildman–Crippen MR) is 112 cm³/mol. The van der Waals surface area contributed by atoms with Crippen molar-refractivity contribution >= 4 is 29.1 Å². The van der Waals surface area contributed by atoms with Gasteiger partial charge in [-0.2, -0.15) is 0 Å². The first-order chi connectivity index (χ1) is 14.6. The van der Waals surface area contributed by atoms with E-state index in [0.717, 1.165) is 24.1 Å². The number of halogens is 1. The van der Waals surface area contributed by atoms with Crippen LogP contribution in [0.1, 0.15) is 41.2 Å². The minimum atomic E-state index is -0.333. The smallest absolute Gasteiger partial charge is 0.224 e. The van der Waals surface area contributed by atoms with Crippen molar-refractivity contribution in [3.8, 4) is 11.4 Å². The van der Waals surface area contributed by atoms with Crippen LogP contribution >= 0.6 is 11.8 Å². The number of anilines is 1. The third kappa shape index (κ3) is 3.63. The summed E-state index contributed by atoms with van der Waals surface area (Å²) < 4.78 is 16.2. The Bertz CT molecular complexity index is 1160. The minimum Gasteiger partial charge on any atom is -0.326 e. The maximum atomic E-state index is 14.3. The Labute approximate surface area is 176 Å². The Morgan fingerprint density at radius 3 is 2.80 bits per heavy atom. The SMILES string of the molecule is O=C1CCc2cc(C(=O)CSc3nnc(-c4ccccc4F)n3C3CC3)ccc2N1. The molecule has 0 unspecified atom stereocenters. The molecule has 30 heavy (non-hydrogen) atoms. The van der Waals surface area contributed by atoms with Gasteiger partial charge in [0.15, 0.2) is 16.8 Å². The zero-order valence-electron chi connectivity index (χ0n) is 16.1. The molecule has 0 saturated heterocycles. The van der Waals surface area contributed by atoms with Gasteiger partial charge >= 0.3 is 0 Å². The molecule has 0 bridgehead atoms. The Morgan fingerprint density at radius 2 is 2.00 bits per heavy atom. The van der Waals surface area contributed by atoms with E-state index in [1.165, 1.54) is 17.8 Å². The average Bonchev–Trinajstić information content (AvgIpc) is 3.51. The normalized spacial score (nSPS) is 15.6. The van der Waals surface area contributed by atoms with E-state index in [4.69, 9.17) is 0 Å². The fourth-order valence-corrected chi connectivity index (χ4v) is 4.53. The molecule has 5 rings (SSSR count). The summed E-state index contributed by atoms with van der Waals surface area (Å²) in [5.41, 5.74) is 2.79. The number of carbonyl (C=O) groups excluding carboxylic acids is 2. The second kappa shape index (κ2) is 7.68. The lowest BCUT2D eigenvalue weighted by Crippen LogP contribution is -2.19. The molecule has 8 heteroatoms. The summed E-state index contributed by atoms with van der Waals surface area (Å²) in [4.78, 5) is 24.3. The van der Waals surface area contributed by atoms with Gasteiger partial charge in [0, 0.05) is 23.7 Å². The van der Waals surface area contributed by atoms with Crippen LogP contribution < -0.4 is 5.32 Å². The maximum absolute atomic E-state index is 14.3. The lowest BCUT2D eigenvalue weighted by molar-refractivity contribution is -0.116. The van der Waals surface area contributed by atoms with Gasteiger partial charge in [-0.3, -0.25) is 14.2 Å². The second-order valence-electron chi connectivity index (χ2n) is 7.52. The number of nitrogens with zero attached hydrogens (tertiary/aromatic N) is 3. The highest BCUT2D eigenvalue weighted by atomic mass is 32.2. The van der Waals surface area contributed by atoms with Crippen molar-refractivity contribution in [3.05, 3.63) is 59.4 Å². The van der Waals surface area contributed by atoms with Gasteiger partial charge in [-0.1, -0.05) is 23.9 Å². The molecular formula is C22H19FN4O2S. The quantitative estimate of drug-likeness (QED) is 0.474. The molecule has 0 atom stereocenters. The topological polar surface area (TPSA) is 76.9 Å². The van der Waals surface area contributed by atoms with Crippen LogP contribution in [-0.2, 0) is 11.2 Å². The van der Waals surface area contributed by atoms with Gasteiger partial charge < -0.3 is 5.32 Å². The van der Waals surface area contributed by atoms with Crippen LogP contribution in [0.15, 0.2) is 47.6 Å². The lowest BCUT2D eigenvalue weighted by atomic mass is 9.99. The molecule has 152 valence electrons. The van der Waals surface area contributed by atoms with Gasteiger partial charge in [0.25, 0.3) is 0 Å². The number of fused-ring (bicyclic) bond motifs is 1. The van der Waals surface area contributed by atoms with Gasteiger partial charge in [0.2, 0.25) is 5.91 Å². The molecule has 2 heterocycles. The molecule has 1 aliphatic heterocycles. The summed E-state index contributed by atoms with van der Waals surface area (Å²) in [6.45, 7) is 0. The number of hydrogen-bond donors (Lipinski definition) is 1. The van der Waals surface area contributed by atoms with E-state index in [9.17, 15) is 14.0 Å². The van der Waals surface area contributed by atoms with Crippen LogP contribution in [0, 0.1) is 5.82 Å². The van der Waals surface area contributed by atoms with Gasteiger partial charge in [-0.05, 0) is 55.2 Å². The molecule has 1 fully saturated rings. The summed E-state index contributed by atoms with van der Waals surface area (Å²) in [5.74, 6) is 0.378. The van der Waals surface area contributed by atoms with Crippen LogP contribution in [-0.4, -0.2) is 32.2 Å². The highest BCUT2D eigenvalue weighted by Gasteiger charge is 2.31. The maximum Gasteiger partial charge on any atom is 0.224 e. The molecule has 1 N–H and O–H groups in total. The molecule has 1 aromatic heterocycles. The van der Waals surface area contributed by atoms with Crippen molar-refractivity contribution in [3.63, 3.8) is 0 Å². The molecule has 1 amide bonds. The largest absolute Gasteiger partial charge is 0.326 e. The number of nitrogens with one attached hydrogen (secondary N) is 1. The van der Waals surface area contributed by atoms with Crippen LogP contribution in [0.2, 0.25) is 0 Å². The zero-order chi connectivity index (χ0) is 20.7. The van der Waals surface area contributed by atoms with Crippen LogP contribution in [0.4, 0.5) is 10.1 Å². The fourth-order valence-electron chi connectivity index (χ4n) is 3.63. The van der Waals surface area contributed by atoms with Crippen molar-refractivity contribution in [2.24, 2.45) is 0 Å². The number of benzene rings is 2. The molecule has 6 nitrogen and oxygen atoms in total. The Morgan fingerprint density at radius 1 is 1.17 bits per heavy atom. The van der Waals surface area contributed by atoms with E-state index in [-0.39, 0.29) is 29.3 Å². The van der Waals surface area contributed by atoms with Crippen molar-refractivity contribution in [2.75, 3.05) is 11.1 Å². The summed E-state index contributed by atoms with van der Waals surface area (Å²) in [6, 6.07) is 12.2. The van der Waals surface area contributed by atoms with Crippen LogP contribution in [0.3, 0.4) is 0 Å². The summed E-state index contributed by atoms with van der Waals surface area (Å²) in [5, 5.41) is 11.9. The first-order valence-corrected chi connectivity index (χ1v) is 10.9. The monoisotopic (exact) mass is 422 g/mol. The van der Waals surface area contributed by atoms with E-state index < -0.39 is 0 Å². The van der Waals surface area contributed by atoms with E-state index in [0.29, 0.717) is 34.9 Å². The average molecular weight is 422 g/mol. The highest BCUT2D eigenvalue weighted by Crippen LogP contribution is 2.41. The molecule has 2 aromatic carbocycles. The number of aromatic nitrogens is 3. The minimum absolute atomic E-state index is 0.00204. The second-order valence-corrected chi connectivity index (χ2v) is 8.46. The number of thioether (sulfide) groups is 1. The number of carbonyl (C=O) groups is 2. The number of rotatable bonds is 6. The van der Waals surface area contributed by atoms with Crippen molar-refractivity contribution in [2.45, 2.75) is 36.9 Å². The van der Waals surface area contributed by atoms with E-state index >= 15 is 0 Å². The third-order valence-electron chi connectivity index (χ3n) is 5.35. The molecule has 2 aliphatic rings. The summed E-state index contributed by atoms with van der Waals surface area (Å²) in [7, 11) is 0. The number of hydrogen-bond acceptors (Lipinski definition) is 5. The number of amides is 1. The van der Waals surface area contributed by atoms with Crippen LogP contribution in [0.25, 0.3) is 11.4 Å². The molecule has 3 aromatic rings. The molecule has 1 aliphatic carbocycles. The standard InChI is InChI=1S/C22H19FN4O2S/c23-17-4-2-1-3-16(17)21-25-26-22(27(21)15-7-8-15)30-12-19(28)14-5-9-18-13(11-14)6-10-20(29)24-18/h1-5,9,11,15H,6-8,10,12H2,(H,24,29). The number of Topliss-reactive ketones (excluding diaryl/α,β-unsaturated/α-hetero) is 1. The highest BCUT2D eigenvalue weighted by molar-refractivity contribution is 7.99. The number of ketones is 1. The van der Waals surface area contributed by atoms with Crippen molar-refractivity contribution in [1.29, 1.82) is 0 Å². The summed E-state index contributed by atoms with van der Waals surface area (Å²) in [6.07, 6.45) is 3.06. The van der Waals surface area contributed by atoms with Crippen molar-refractivity contribution in [1.82, 2.24) is 14.8 Å².